The zero-order valence-corrected chi connectivity index (χ0v) is 19.9. The van der Waals surface area contributed by atoms with E-state index in [1.165, 1.54) is 16.2 Å². The number of amides is 1. The number of thiazole rings is 1. The third-order valence-corrected chi connectivity index (χ3v) is 6.83. The van der Waals surface area contributed by atoms with Crippen molar-refractivity contribution in [1.29, 1.82) is 0 Å². The number of nitrogens with zero attached hydrogens (tertiary/aromatic N) is 2. The van der Waals surface area contributed by atoms with Gasteiger partial charge < -0.3 is 9.84 Å². The first-order valence-electron chi connectivity index (χ1n) is 10.7. The van der Waals surface area contributed by atoms with Gasteiger partial charge >= 0.3 is 5.91 Å². The Morgan fingerprint density at radius 2 is 1.91 bits per heavy atom. The third-order valence-electron chi connectivity index (χ3n) is 5.58. The van der Waals surface area contributed by atoms with Crippen molar-refractivity contribution >= 4 is 55.7 Å². The highest BCUT2D eigenvalue weighted by Crippen LogP contribution is 2.45. The fraction of sp³-hybridized carbons (Fsp3) is 0.0741. The van der Waals surface area contributed by atoms with E-state index in [-0.39, 0.29) is 11.3 Å². The summed E-state index contributed by atoms with van der Waals surface area (Å²) in [6.45, 7) is 3.96. The van der Waals surface area contributed by atoms with E-state index in [0.717, 1.165) is 4.70 Å². The number of aliphatic hydroxyl groups excluding tert-OH is 1. The molecule has 0 saturated carbocycles. The van der Waals surface area contributed by atoms with E-state index in [4.69, 9.17) is 16.3 Å². The quantitative estimate of drug-likeness (QED) is 0.148. The van der Waals surface area contributed by atoms with E-state index in [9.17, 15) is 14.7 Å². The van der Waals surface area contributed by atoms with Crippen molar-refractivity contribution < 1.29 is 19.4 Å². The van der Waals surface area contributed by atoms with Crippen LogP contribution in [0.4, 0.5) is 5.13 Å². The number of fused-ring (bicyclic) bond motifs is 1. The number of rotatable bonds is 6. The van der Waals surface area contributed by atoms with Crippen LogP contribution in [-0.4, -0.2) is 28.4 Å². The highest BCUT2D eigenvalue weighted by Gasteiger charge is 2.48. The van der Waals surface area contributed by atoms with Crippen molar-refractivity contribution in [2.24, 2.45) is 0 Å². The molecule has 1 unspecified atom stereocenters. The summed E-state index contributed by atoms with van der Waals surface area (Å²) in [5.41, 5.74) is 1.67. The number of hydrogen-bond acceptors (Lipinski definition) is 6. The molecule has 174 valence electrons. The monoisotopic (exact) mass is 502 g/mol. The molecule has 0 spiro atoms. The van der Waals surface area contributed by atoms with Crippen molar-refractivity contribution in [2.45, 2.75) is 6.04 Å². The lowest BCUT2D eigenvalue weighted by Crippen LogP contribution is -2.29. The summed E-state index contributed by atoms with van der Waals surface area (Å²) < 4.78 is 6.46. The second-order valence-electron chi connectivity index (χ2n) is 7.82. The minimum Gasteiger partial charge on any atom is -0.507 e. The van der Waals surface area contributed by atoms with Gasteiger partial charge in [0.2, 0.25) is 0 Å². The van der Waals surface area contributed by atoms with Gasteiger partial charge in [0.25, 0.3) is 5.78 Å². The van der Waals surface area contributed by atoms with Gasteiger partial charge in [-0.1, -0.05) is 78.1 Å². The number of anilines is 1. The molecule has 1 amide bonds. The average molecular weight is 503 g/mol. The Balaban J connectivity index is 1.71. The summed E-state index contributed by atoms with van der Waals surface area (Å²) in [5, 5.41) is 12.1. The Hall–Kier alpha value is -3.94. The maximum absolute atomic E-state index is 13.4. The van der Waals surface area contributed by atoms with Gasteiger partial charge in [0.05, 0.1) is 21.8 Å². The Labute approximate surface area is 210 Å². The molecule has 1 aliphatic rings. The van der Waals surface area contributed by atoms with Crippen LogP contribution in [0.1, 0.15) is 17.2 Å². The molecule has 0 radical (unpaired) electrons. The summed E-state index contributed by atoms with van der Waals surface area (Å²) in [6, 6.07) is 20.1. The number of benzene rings is 3. The van der Waals surface area contributed by atoms with Crippen LogP contribution in [0.3, 0.4) is 0 Å². The highest BCUT2D eigenvalue weighted by molar-refractivity contribution is 7.22. The van der Waals surface area contributed by atoms with E-state index in [1.54, 1.807) is 78.9 Å². The number of carbonyl (C=O) groups is 2. The Bertz CT molecular complexity index is 1500. The van der Waals surface area contributed by atoms with E-state index in [1.807, 2.05) is 0 Å². The van der Waals surface area contributed by atoms with Gasteiger partial charge in [-0.2, -0.15) is 0 Å². The van der Waals surface area contributed by atoms with E-state index in [0.29, 0.717) is 39.2 Å². The summed E-state index contributed by atoms with van der Waals surface area (Å²) in [6.07, 6.45) is 1.63. The lowest BCUT2D eigenvalue weighted by atomic mass is 9.95. The molecule has 4 aromatic rings. The van der Waals surface area contributed by atoms with Gasteiger partial charge in [-0.3, -0.25) is 14.5 Å². The second-order valence-corrected chi connectivity index (χ2v) is 9.26. The maximum atomic E-state index is 13.4. The maximum Gasteiger partial charge on any atom is 0.301 e. The van der Waals surface area contributed by atoms with Gasteiger partial charge in [0.1, 0.15) is 18.1 Å². The summed E-state index contributed by atoms with van der Waals surface area (Å²) in [4.78, 5) is 32.6. The standard InChI is InChI=1S/C27H19ClN2O4S/c1-2-13-34-19-10-6-9-17(14-19)23-22(24(31)16-7-4-3-5-8-16)25(32)26(33)30(23)27-29-20-12-11-18(28)15-21(20)35-27/h2-12,14-15,23,31H,1,13H2/b24-22+. The van der Waals surface area contributed by atoms with Crippen molar-refractivity contribution in [2.75, 3.05) is 11.5 Å². The predicted octanol–water partition coefficient (Wildman–Crippen LogP) is 6.14. The number of carbonyl (C=O) groups excluding carboxylic acids is 2. The van der Waals surface area contributed by atoms with Gasteiger partial charge in [0.15, 0.2) is 5.13 Å². The molecule has 0 aliphatic carbocycles. The summed E-state index contributed by atoms with van der Waals surface area (Å²) in [7, 11) is 0. The fourth-order valence-electron chi connectivity index (χ4n) is 4.02. The molecule has 0 bridgehead atoms. The molecular weight excluding hydrogens is 484 g/mol. The number of aromatic nitrogens is 1. The molecule has 1 N–H and O–H groups in total. The van der Waals surface area contributed by atoms with Crippen molar-refractivity contribution in [3.8, 4) is 5.75 Å². The van der Waals surface area contributed by atoms with Gasteiger partial charge in [0, 0.05) is 10.6 Å². The molecule has 1 aliphatic heterocycles. The lowest BCUT2D eigenvalue weighted by Gasteiger charge is -2.23. The van der Waals surface area contributed by atoms with Crippen molar-refractivity contribution in [3.63, 3.8) is 0 Å². The molecule has 1 atom stereocenters. The molecule has 6 nitrogen and oxygen atoms in total. The number of halogens is 1. The van der Waals surface area contributed by atoms with Gasteiger partial charge in [-0.25, -0.2) is 4.98 Å². The van der Waals surface area contributed by atoms with Crippen molar-refractivity contribution in [1.82, 2.24) is 4.98 Å². The van der Waals surface area contributed by atoms with E-state index >= 15 is 0 Å². The molecule has 35 heavy (non-hydrogen) atoms. The van der Waals surface area contributed by atoms with E-state index < -0.39 is 17.7 Å². The van der Waals surface area contributed by atoms with Crippen LogP contribution in [0, 0.1) is 0 Å². The molecule has 1 aromatic heterocycles. The van der Waals surface area contributed by atoms with Gasteiger partial charge in [-0.15, -0.1) is 0 Å². The molecule has 2 heterocycles. The molecule has 3 aromatic carbocycles. The minimum atomic E-state index is -0.904. The fourth-order valence-corrected chi connectivity index (χ4v) is 5.28. The van der Waals surface area contributed by atoms with Crippen LogP contribution >= 0.6 is 22.9 Å². The minimum absolute atomic E-state index is 0.0145. The largest absolute Gasteiger partial charge is 0.507 e. The Morgan fingerprint density at radius 3 is 2.69 bits per heavy atom. The summed E-state index contributed by atoms with van der Waals surface area (Å²) in [5.74, 6) is -1.26. The topological polar surface area (TPSA) is 79.7 Å². The zero-order chi connectivity index (χ0) is 24.5. The van der Waals surface area contributed by atoms with E-state index in [2.05, 4.69) is 11.6 Å². The first-order valence-corrected chi connectivity index (χ1v) is 11.9. The Morgan fingerprint density at radius 1 is 1.11 bits per heavy atom. The van der Waals surface area contributed by atoms with Crippen molar-refractivity contribution in [3.05, 3.63) is 107 Å². The molecule has 1 saturated heterocycles. The van der Waals surface area contributed by atoms with Gasteiger partial charge in [-0.05, 0) is 35.9 Å². The van der Waals surface area contributed by atoms with Crippen LogP contribution in [0.25, 0.3) is 16.0 Å². The van der Waals surface area contributed by atoms with Crippen LogP contribution in [0.5, 0.6) is 5.75 Å². The summed E-state index contributed by atoms with van der Waals surface area (Å²) >= 11 is 7.39. The van der Waals surface area contributed by atoms with Crippen LogP contribution in [0.15, 0.2) is 91.0 Å². The van der Waals surface area contributed by atoms with Crippen LogP contribution in [0.2, 0.25) is 5.02 Å². The zero-order valence-electron chi connectivity index (χ0n) is 18.3. The lowest BCUT2D eigenvalue weighted by molar-refractivity contribution is -0.132. The average Bonchev–Trinajstić information content (AvgIpc) is 3.40. The highest BCUT2D eigenvalue weighted by atomic mass is 35.5. The third kappa shape index (κ3) is 4.20. The first kappa shape index (κ1) is 22.8. The first-order chi connectivity index (χ1) is 17.0. The normalized spacial score (nSPS) is 17.2. The molecule has 1 fully saturated rings. The number of Topliss-reactive ketones (excluding diaryl/α,β-unsaturated/α-hetero) is 1. The smallest absolute Gasteiger partial charge is 0.301 e. The number of ketones is 1. The number of ether oxygens (including phenoxy) is 1. The number of hydrogen-bond donors (Lipinski definition) is 1. The van der Waals surface area contributed by atoms with Crippen LogP contribution < -0.4 is 9.64 Å². The second kappa shape index (κ2) is 9.37. The SMILES string of the molecule is C=CCOc1cccc(C2/C(=C(\O)c3ccccc3)C(=O)C(=O)N2c2nc3ccc(Cl)cc3s2)c1. The predicted molar refractivity (Wildman–Crippen MR) is 138 cm³/mol. The molecule has 8 heteroatoms. The number of aliphatic hydroxyl groups is 1. The molecular formula is C27H19ClN2O4S. The molecule has 5 rings (SSSR count). The Kier molecular flexibility index (Phi) is 6.11. The van der Waals surface area contributed by atoms with Crippen LogP contribution in [-0.2, 0) is 9.59 Å².